The highest BCUT2D eigenvalue weighted by Crippen LogP contribution is 2.44. The Morgan fingerprint density at radius 1 is 0.348 bits per heavy atom. The predicted octanol–water partition coefficient (Wildman–Crippen LogP) is 17.4. The molecule has 5 nitrogen and oxygen atoms in total. The van der Waals surface area contributed by atoms with Crippen LogP contribution in [-0.2, 0) is 0 Å². The summed E-state index contributed by atoms with van der Waals surface area (Å²) in [7, 11) is 0. The van der Waals surface area contributed by atoms with Crippen molar-refractivity contribution in [2.75, 3.05) is 0 Å². The van der Waals surface area contributed by atoms with E-state index in [1.165, 1.54) is 52.5 Å². The van der Waals surface area contributed by atoms with E-state index < -0.39 is 0 Å². The SMILES string of the molecule is c1ccc(-c2cccc(-c3nc(-c4ccc5sc6ccccc6c5c4)nc(-c4cc(-n5c6cc7ccccc7cc6c6c7ccccc7ccc65)cc5c4oc4cc6ccccc6cc45)n3)c2)cc1. The molecule has 0 unspecified atom stereocenters. The molecule has 0 aliphatic carbocycles. The Morgan fingerprint density at radius 2 is 0.971 bits per heavy atom. The zero-order chi connectivity index (χ0) is 45.2. The topological polar surface area (TPSA) is 56.7 Å². The van der Waals surface area contributed by atoms with Gasteiger partial charge in [0.05, 0.1) is 16.6 Å². The van der Waals surface area contributed by atoms with Crippen LogP contribution in [0.15, 0.2) is 223 Å². The fraction of sp³-hybridized carbons (Fsp3) is 0. The second kappa shape index (κ2) is 14.8. The Balaban J connectivity index is 1.05. The molecule has 4 aromatic heterocycles. The first kappa shape index (κ1) is 38.2. The molecule has 0 amide bonds. The third-order valence-corrected chi connectivity index (χ3v) is 15.1. The monoisotopic (exact) mass is 896 g/mol. The third kappa shape index (κ3) is 5.99. The van der Waals surface area contributed by atoms with Gasteiger partial charge in [0.25, 0.3) is 0 Å². The Labute approximate surface area is 398 Å². The molecule has 15 rings (SSSR count). The minimum absolute atomic E-state index is 0.530. The summed E-state index contributed by atoms with van der Waals surface area (Å²) < 4.78 is 12.0. The smallest absolute Gasteiger partial charge is 0.167 e. The van der Waals surface area contributed by atoms with Crippen LogP contribution >= 0.6 is 11.3 Å². The highest BCUT2D eigenvalue weighted by molar-refractivity contribution is 7.25. The third-order valence-electron chi connectivity index (χ3n) is 13.9. The highest BCUT2D eigenvalue weighted by Gasteiger charge is 2.23. The second-order valence-corrected chi connectivity index (χ2v) is 19.0. The lowest BCUT2D eigenvalue weighted by Crippen LogP contribution is -2.02. The molecule has 0 radical (unpaired) electrons. The number of benzene rings is 11. The lowest BCUT2D eigenvalue weighted by atomic mass is 10.0. The predicted molar refractivity (Wildman–Crippen MR) is 289 cm³/mol. The molecule has 6 heteroatoms. The first-order valence-corrected chi connectivity index (χ1v) is 24.0. The van der Waals surface area contributed by atoms with Gasteiger partial charge in [0, 0.05) is 58.5 Å². The zero-order valence-electron chi connectivity index (χ0n) is 36.9. The molecule has 15 aromatic rings. The van der Waals surface area contributed by atoms with Gasteiger partial charge in [0.1, 0.15) is 11.2 Å². The van der Waals surface area contributed by atoms with Crippen molar-refractivity contribution >= 4 is 108 Å². The van der Waals surface area contributed by atoms with E-state index in [4.69, 9.17) is 19.4 Å². The van der Waals surface area contributed by atoms with Gasteiger partial charge in [-0.3, -0.25) is 0 Å². The molecule has 0 aliphatic rings. The van der Waals surface area contributed by atoms with Crippen LogP contribution in [0.1, 0.15) is 0 Å². The lowest BCUT2D eigenvalue weighted by molar-refractivity contribution is 0.670. The van der Waals surface area contributed by atoms with Crippen LogP contribution in [0.5, 0.6) is 0 Å². The quantitative estimate of drug-likeness (QED) is 0.173. The van der Waals surface area contributed by atoms with Crippen LogP contribution in [0.25, 0.3) is 147 Å². The number of rotatable bonds is 5. The van der Waals surface area contributed by atoms with Crippen LogP contribution in [0, 0.1) is 0 Å². The summed E-state index contributed by atoms with van der Waals surface area (Å²) in [4.78, 5) is 16.2. The molecular weight excluding hydrogens is 861 g/mol. The Bertz CT molecular complexity index is 4620. The first-order chi connectivity index (χ1) is 34.1. The molecule has 69 heavy (non-hydrogen) atoms. The van der Waals surface area contributed by atoms with Crippen LogP contribution in [0.3, 0.4) is 0 Å². The summed E-state index contributed by atoms with van der Waals surface area (Å²) in [6.45, 7) is 0. The molecule has 4 heterocycles. The fourth-order valence-corrected chi connectivity index (χ4v) is 11.8. The molecule has 0 aliphatic heterocycles. The van der Waals surface area contributed by atoms with Gasteiger partial charge >= 0.3 is 0 Å². The molecule has 320 valence electrons. The Kier molecular flexibility index (Phi) is 8.17. The maximum atomic E-state index is 7.06. The molecule has 0 saturated carbocycles. The van der Waals surface area contributed by atoms with Crippen molar-refractivity contribution in [2.45, 2.75) is 0 Å². The number of hydrogen-bond acceptors (Lipinski definition) is 5. The largest absolute Gasteiger partial charge is 0.455 e. The standard InChI is InChI=1S/C63H36N4OS/c1-2-13-37(14-3-1)39-20-12-21-44(29-39)61-64-62(45-26-28-58-50(32-45)48-23-10-11-24-57(48)69-58)66-63(65-61)53-36-46(35-51-49-30-40-16-5-7-19-43(40)34-56(49)68-60(51)53)67-54-27-25-38-15-8-9-22-47(38)59(54)52-31-41-17-4-6-18-42(41)33-55(52)67/h1-36H. The molecule has 0 N–H and O–H groups in total. The molecule has 11 aromatic carbocycles. The van der Waals surface area contributed by atoms with Crippen molar-refractivity contribution in [2.24, 2.45) is 0 Å². The Morgan fingerprint density at radius 3 is 1.78 bits per heavy atom. The minimum atomic E-state index is 0.530. The zero-order valence-corrected chi connectivity index (χ0v) is 37.7. The maximum Gasteiger partial charge on any atom is 0.167 e. The average molecular weight is 897 g/mol. The highest BCUT2D eigenvalue weighted by atomic mass is 32.1. The van der Waals surface area contributed by atoms with Crippen molar-refractivity contribution in [3.05, 3.63) is 218 Å². The number of hydrogen-bond donors (Lipinski definition) is 0. The van der Waals surface area contributed by atoms with E-state index in [2.05, 4.69) is 217 Å². The molecule has 0 fully saturated rings. The van der Waals surface area contributed by atoms with E-state index >= 15 is 0 Å². The van der Waals surface area contributed by atoms with Crippen molar-refractivity contribution in [3.8, 4) is 51.0 Å². The molecule has 0 spiro atoms. The van der Waals surface area contributed by atoms with Crippen LogP contribution < -0.4 is 0 Å². The van der Waals surface area contributed by atoms with Gasteiger partial charge in [0.15, 0.2) is 17.5 Å². The van der Waals surface area contributed by atoms with Crippen molar-refractivity contribution in [3.63, 3.8) is 0 Å². The summed E-state index contributed by atoms with van der Waals surface area (Å²) in [6.07, 6.45) is 0. The molecule has 0 saturated heterocycles. The number of fused-ring (bicyclic) bond motifs is 13. The average Bonchev–Trinajstić information content (AvgIpc) is 4.08. The normalized spacial score (nSPS) is 12.1. The van der Waals surface area contributed by atoms with Gasteiger partial charge in [-0.15, -0.1) is 11.3 Å². The van der Waals surface area contributed by atoms with Crippen molar-refractivity contribution in [1.29, 1.82) is 0 Å². The summed E-state index contributed by atoms with van der Waals surface area (Å²) in [5, 5.41) is 13.9. The minimum Gasteiger partial charge on any atom is -0.455 e. The summed E-state index contributed by atoms with van der Waals surface area (Å²) >= 11 is 1.80. The maximum absolute atomic E-state index is 7.06. The first-order valence-electron chi connectivity index (χ1n) is 23.2. The van der Waals surface area contributed by atoms with Gasteiger partial charge in [-0.1, -0.05) is 146 Å². The van der Waals surface area contributed by atoms with Crippen molar-refractivity contribution in [1.82, 2.24) is 19.5 Å². The number of furan rings is 1. The van der Waals surface area contributed by atoms with Gasteiger partial charge in [-0.05, 0) is 116 Å². The van der Waals surface area contributed by atoms with E-state index in [0.717, 1.165) is 77.2 Å². The van der Waals surface area contributed by atoms with E-state index in [0.29, 0.717) is 17.5 Å². The molecule has 0 atom stereocenters. The summed E-state index contributed by atoms with van der Waals surface area (Å²) in [5.41, 5.74) is 9.56. The van der Waals surface area contributed by atoms with Crippen LogP contribution in [0.4, 0.5) is 0 Å². The number of aromatic nitrogens is 4. The number of nitrogens with zero attached hydrogens (tertiary/aromatic N) is 4. The van der Waals surface area contributed by atoms with Gasteiger partial charge < -0.3 is 8.98 Å². The van der Waals surface area contributed by atoms with Crippen molar-refractivity contribution < 1.29 is 4.42 Å². The van der Waals surface area contributed by atoms with Crippen LogP contribution in [-0.4, -0.2) is 19.5 Å². The van der Waals surface area contributed by atoms with E-state index in [1.807, 2.05) is 6.07 Å². The summed E-state index contributed by atoms with van der Waals surface area (Å²) in [5.74, 6) is 1.70. The molecular formula is C63H36N4OS. The van der Waals surface area contributed by atoms with Gasteiger partial charge in [-0.25, -0.2) is 15.0 Å². The second-order valence-electron chi connectivity index (χ2n) is 18.0. The summed E-state index contributed by atoms with van der Waals surface area (Å²) in [6, 6.07) is 78.1. The van der Waals surface area contributed by atoms with E-state index in [1.54, 1.807) is 11.3 Å². The van der Waals surface area contributed by atoms with Gasteiger partial charge in [-0.2, -0.15) is 0 Å². The molecule has 0 bridgehead atoms. The van der Waals surface area contributed by atoms with Gasteiger partial charge in [0.2, 0.25) is 0 Å². The number of thiophene rings is 1. The lowest BCUT2D eigenvalue weighted by Gasteiger charge is -2.13. The van der Waals surface area contributed by atoms with E-state index in [-0.39, 0.29) is 0 Å². The van der Waals surface area contributed by atoms with E-state index in [9.17, 15) is 0 Å². The fourth-order valence-electron chi connectivity index (χ4n) is 10.7. The Hall–Kier alpha value is -8.97. The van der Waals surface area contributed by atoms with Crippen LogP contribution in [0.2, 0.25) is 0 Å².